The molecule has 5 rings (SSSR count). The Kier molecular flexibility index (Phi) is 3.82. The minimum absolute atomic E-state index is 0.0197. The molecular weight excluding hydrogens is 295 g/mol. The van der Waals surface area contributed by atoms with E-state index in [0.717, 1.165) is 29.3 Å². The molecular formula is C15H15FO4S. The van der Waals surface area contributed by atoms with Crippen LogP contribution in [0.15, 0.2) is 24.3 Å². The van der Waals surface area contributed by atoms with E-state index >= 15 is 0 Å². The third kappa shape index (κ3) is 3.01. The van der Waals surface area contributed by atoms with Gasteiger partial charge in [0, 0.05) is 11.1 Å². The van der Waals surface area contributed by atoms with Crippen molar-refractivity contribution >= 4 is 27.4 Å². The Bertz CT molecular complexity index is 657. The van der Waals surface area contributed by atoms with Crippen molar-refractivity contribution in [1.29, 1.82) is 0 Å². The molecule has 4 nitrogen and oxygen atoms in total. The highest BCUT2D eigenvalue weighted by atomic mass is 32.1. The van der Waals surface area contributed by atoms with Gasteiger partial charge in [0.1, 0.15) is 16.8 Å². The number of thiophene rings is 1. The van der Waals surface area contributed by atoms with Gasteiger partial charge in [-0.15, -0.1) is 11.3 Å². The molecule has 3 unspecified atom stereocenters. The minimum atomic E-state index is -0.930. The predicted octanol–water partition coefficient (Wildman–Crippen LogP) is 3.58. The number of benzene rings is 1. The molecule has 2 saturated heterocycles. The van der Waals surface area contributed by atoms with Crippen molar-refractivity contribution in [1.82, 2.24) is 0 Å². The second-order valence-electron chi connectivity index (χ2n) is 5.26. The molecule has 6 heteroatoms. The van der Waals surface area contributed by atoms with Crippen LogP contribution in [-0.2, 0) is 4.74 Å². The normalized spacial score (nSPS) is 26.6. The summed E-state index contributed by atoms with van der Waals surface area (Å²) in [4.78, 5) is 10.9. The van der Waals surface area contributed by atoms with Gasteiger partial charge in [-0.05, 0) is 42.5 Å². The molecule has 3 fully saturated rings. The molecule has 2 bridgehead atoms. The fourth-order valence-electron chi connectivity index (χ4n) is 2.58. The average molecular weight is 310 g/mol. The van der Waals surface area contributed by atoms with Gasteiger partial charge in [-0.25, -0.2) is 9.18 Å². The fourth-order valence-corrected chi connectivity index (χ4v) is 3.46. The lowest BCUT2D eigenvalue weighted by molar-refractivity contribution is -0.188. The molecule has 1 saturated carbocycles. The number of aromatic hydroxyl groups is 1. The Morgan fingerprint density at radius 1 is 1.33 bits per heavy atom. The first-order chi connectivity index (χ1) is 10.0. The summed E-state index contributed by atoms with van der Waals surface area (Å²) in [6.07, 6.45) is 2.40. The minimum Gasteiger partial charge on any atom is -0.508 e. The summed E-state index contributed by atoms with van der Waals surface area (Å²) in [6.45, 7) is 0. The summed E-state index contributed by atoms with van der Waals surface area (Å²) in [5.74, 6) is -0.775. The standard InChI is InChI=1S/C9H6O3S.C6H9FO/c10-6-1-2-7-5(3-6)4-8(13-7)9(11)12;7-5-2-1-4-3-6(5)8-4/h1-4,10H,(H,11,12);4-6H,1-3H2. The van der Waals surface area contributed by atoms with Gasteiger partial charge >= 0.3 is 5.97 Å². The highest BCUT2D eigenvalue weighted by Crippen LogP contribution is 2.36. The summed E-state index contributed by atoms with van der Waals surface area (Å²) < 4.78 is 18.5. The highest BCUT2D eigenvalue weighted by molar-refractivity contribution is 7.20. The van der Waals surface area contributed by atoms with Crippen LogP contribution in [0.25, 0.3) is 10.1 Å². The lowest BCUT2D eigenvalue weighted by Gasteiger charge is -2.43. The number of aromatic carboxylic acids is 1. The Morgan fingerprint density at radius 2 is 2.10 bits per heavy atom. The number of carboxylic acids is 1. The largest absolute Gasteiger partial charge is 0.508 e. The lowest BCUT2D eigenvalue weighted by Crippen LogP contribution is -2.48. The molecule has 3 aliphatic rings. The van der Waals surface area contributed by atoms with Crippen molar-refractivity contribution in [2.75, 3.05) is 0 Å². The van der Waals surface area contributed by atoms with E-state index in [-0.39, 0.29) is 11.9 Å². The van der Waals surface area contributed by atoms with Crippen LogP contribution in [-0.4, -0.2) is 34.6 Å². The first-order valence-electron chi connectivity index (χ1n) is 6.78. The van der Waals surface area contributed by atoms with Gasteiger partial charge in [-0.1, -0.05) is 0 Å². The van der Waals surface area contributed by atoms with Crippen molar-refractivity contribution in [2.24, 2.45) is 0 Å². The summed E-state index contributed by atoms with van der Waals surface area (Å²) in [6, 6.07) is 6.37. The van der Waals surface area contributed by atoms with E-state index in [9.17, 15) is 9.18 Å². The number of hydrogen-bond acceptors (Lipinski definition) is 4. The smallest absolute Gasteiger partial charge is 0.345 e. The number of hydrogen-bond donors (Lipinski definition) is 2. The van der Waals surface area contributed by atoms with Crippen LogP contribution in [0.4, 0.5) is 4.39 Å². The first kappa shape index (κ1) is 14.3. The van der Waals surface area contributed by atoms with Crippen LogP contribution < -0.4 is 0 Å². The topological polar surface area (TPSA) is 66.8 Å². The molecule has 112 valence electrons. The van der Waals surface area contributed by atoms with Crippen LogP contribution in [0, 0.1) is 0 Å². The van der Waals surface area contributed by atoms with Crippen LogP contribution in [0.2, 0.25) is 0 Å². The van der Waals surface area contributed by atoms with Gasteiger partial charge in [-0.2, -0.15) is 0 Å². The van der Waals surface area contributed by atoms with E-state index in [1.165, 1.54) is 11.3 Å². The Balaban J connectivity index is 0.000000140. The molecule has 1 aliphatic carbocycles. The van der Waals surface area contributed by atoms with E-state index in [2.05, 4.69) is 0 Å². The third-order valence-electron chi connectivity index (χ3n) is 3.74. The van der Waals surface area contributed by atoms with Crippen LogP contribution in [0.1, 0.15) is 28.9 Å². The summed E-state index contributed by atoms with van der Waals surface area (Å²) in [5.41, 5.74) is 0. The Labute approximate surface area is 124 Å². The molecule has 21 heavy (non-hydrogen) atoms. The van der Waals surface area contributed by atoms with E-state index in [1.807, 2.05) is 0 Å². The molecule has 2 N–H and O–H groups in total. The second kappa shape index (κ2) is 5.61. The molecule has 3 heterocycles. The van der Waals surface area contributed by atoms with Crippen LogP contribution in [0.3, 0.4) is 0 Å². The second-order valence-corrected chi connectivity index (χ2v) is 6.35. The van der Waals surface area contributed by atoms with Gasteiger partial charge in [0.25, 0.3) is 0 Å². The first-order valence-corrected chi connectivity index (χ1v) is 7.60. The molecule has 0 amide bonds. The number of carbonyl (C=O) groups is 1. The van der Waals surface area contributed by atoms with Gasteiger partial charge in [0.05, 0.1) is 12.2 Å². The molecule has 0 spiro atoms. The Morgan fingerprint density at radius 3 is 2.62 bits per heavy atom. The maximum Gasteiger partial charge on any atom is 0.345 e. The molecule has 2 aliphatic heterocycles. The number of alkyl halides is 1. The number of phenols is 1. The van der Waals surface area contributed by atoms with E-state index < -0.39 is 12.1 Å². The van der Waals surface area contributed by atoms with E-state index in [0.29, 0.717) is 11.0 Å². The van der Waals surface area contributed by atoms with Crippen molar-refractivity contribution in [3.63, 3.8) is 0 Å². The van der Waals surface area contributed by atoms with Crippen molar-refractivity contribution < 1.29 is 24.1 Å². The Hall–Kier alpha value is -1.66. The number of ether oxygens (including phenoxy) is 1. The zero-order valence-electron chi connectivity index (χ0n) is 11.2. The maximum absolute atomic E-state index is 12.5. The molecule has 2 aromatic rings. The SMILES string of the molecule is FC1CCC2CC1O2.O=C(O)c1cc2cc(O)ccc2s1. The van der Waals surface area contributed by atoms with E-state index in [4.69, 9.17) is 14.9 Å². The summed E-state index contributed by atoms with van der Waals surface area (Å²) in [5, 5.41) is 18.6. The number of halogens is 1. The molecule has 3 atom stereocenters. The van der Waals surface area contributed by atoms with Crippen LogP contribution >= 0.6 is 11.3 Å². The lowest BCUT2D eigenvalue weighted by atomic mass is 9.88. The number of phenolic OH excluding ortho intramolecular Hbond substituents is 1. The average Bonchev–Trinajstić information content (AvgIpc) is 2.81. The van der Waals surface area contributed by atoms with E-state index in [1.54, 1.807) is 24.3 Å². The zero-order valence-corrected chi connectivity index (χ0v) is 12.0. The van der Waals surface area contributed by atoms with Crippen molar-refractivity contribution in [3.8, 4) is 5.75 Å². The summed E-state index contributed by atoms with van der Waals surface area (Å²) in [7, 11) is 0. The predicted molar refractivity (Wildman–Crippen MR) is 77.9 cm³/mol. The zero-order chi connectivity index (χ0) is 15.0. The number of rotatable bonds is 1. The summed E-state index contributed by atoms with van der Waals surface area (Å²) >= 11 is 1.20. The monoisotopic (exact) mass is 310 g/mol. The fraction of sp³-hybridized carbons (Fsp3) is 0.400. The van der Waals surface area contributed by atoms with Gasteiger partial charge in [0.2, 0.25) is 0 Å². The van der Waals surface area contributed by atoms with Gasteiger partial charge < -0.3 is 14.9 Å². The van der Waals surface area contributed by atoms with Crippen LogP contribution in [0.5, 0.6) is 5.75 Å². The molecule has 1 aromatic heterocycles. The quantitative estimate of drug-likeness (QED) is 0.845. The number of carboxylic acid groups (broad SMARTS) is 1. The highest BCUT2D eigenvalue weighted by Gasteiger charge is 2.41. The number of fused-ring (bicyclic) bond motifs is 3. The molecule has 0 radical (unpaired) electrons. The van der Waals surface area contributed by atoms with Crippen molar-refractivity contribution in [3.05, 3.63) is 29.1 Å². The van der Waals surface area contributed by atoms with Crippen molar-refractivity contribution in [2.45, 2.75) is 37.6 Å². The molecule has 1 aromatic carbocycles. The van der Waals surface area contributed by atoms with Gasteiger partial charge in [0.15, 0.2) is 0 Å². The van der Waals surface area contributed by atoms with Gasteiger partial charge in [-0.3, -0.25) is 0 Å². The maximum atomic E-state index is 12.5. The third-order valence-corrected chi connectivity index (χ3v) is 4.85.